The molecule has 0 aromatic heterocycles. The van der Waals surface area contributed by atoms with Gasteiger partial charge >= 0.3 is 11.9 Å². The Morgan fingerprint density at radius 2 is 1.86 bits per heavy atom. The highest BCUT2D eigenvalue weighted by molar-refractivity contribution is 7.98. The molecule has 0 aliphatic rings. The molecule has 1 aromatic rings. The van der Waals surface area contributed by atoms with Crippen molar-refractivity contribution in [2.75, 3.05) is 12.9 Å². The average molecular weight is 312 g/mol. The summed E-state index contributed by atoms with van der Waals surface area (Å²) < 4.78 is 9.76. The van der Waals surface area contributed by atoms with Crippen LogP contribution in [0.2, 0.25) is 0 Å². The highest BCUT2D eigenvalue weighted by atomic mass is 32.2. The van der Waals surface area contributed by atoms with Crippen molar-refractivity contribution in [2.24, 2.45) is 0 Å². The van der Waals surface area contributed by atoms with E-state index in [4.69, 9.17) is 4.74 Å². The number of hydrogen-bond acceptors (Lipinski definition) is 6. The molecule has 0 bridgehead atoms. The van der Waals surface area contributed by atoms with Gasteiger partial charge in [-0.1, -0.05) is 12.1 Å². The summed E-state index contributed by atoms with van der Waals surface area (Å²) in [4.78, 5) is 23.3. The van der Waals surface area contributed by atoms with E-state index in [-0.39, 0.29) is 0 Å². The van der Waals surface area contributed by atoms with E-state index in [1.165, 1.54) is 6.92 Å². The number of ether oxygens (including phenoxy) is 2. The number of benzene rings is 1. The van der Waals surface area contributed by atoms with Crippen molar-refractivity contribution >= 4 is 23.7 Å². The molecule has 21 heavy (non-hydrogen) atoms. The second-order valence-corrected chi connectivity index (χ2v) is 5.91. The molecule has 5 nitrogen and oxygen atoms in total. The van der Waals surface area contributed by atoms with Crippen molar-refractivity contribution in [2.45, 2.75) is 37.4 Å². The van der Waals surface area contributed by atoms with Gasteiger partial charge in [0.25, 0.3) is 0 Å². The van der Waals surface area contributed by atoms with E-state index < -0.39 is 30.3 Å². The Hall–Kier alpha value is -1.53. The Morgan fingerprint density at radius 3 is 2.33 bits per heavy atom. The second-order valence-electron chi connectivity index (χ2n) is 5.03. The molecule has 1 N–H and O–H groups in total. The molecule has 1 aromatic carbocycles. The summed E-state index contributed by atoms with van der Waals surface area (Å²) in [5, 5.41) is 10.3. The maximum atomic E-state index is 11.6. The molecule has 0 saturated heterocycles. The molecular weight excluding hydrogens is 292 g/mol. The minimum atomic E-state index is -1.13. The van der Waals surface area contributed by atoms with Gasteiger partial charge in [0.15, 0.2) is 6.61 Å². The van der Waals surface area contributed by atoms with Crippen LogP contribution in [0.1, 0.15) is 32.4 Å². The minimum Gasteiger partial charge on any atom is -0.454 e. The van der Waals surface area contributed by atoms with Crippen LogP contribution in [-0.2, 0) is 19.1 Å². The molecule has 0 fully saturated rings. The number of hydrogen-bond donors (Lipinski definition) is 1. The predicted octanol–water partition coefficient (Wildman–Crippen LogP) is 2.33. The Bertz CT molecular complexity index is 495. The van der Waals surface area contributed by atoms with Crippen molar-refractivity contribution in [1.82, 2.24) is 0 Å². The summed E-state index contributed by atoms with van der Waals surface area (Å²) >= 11 is 1.60. The van der Waals surface area contributed by atoms with Gasteiger partial charge < -0.3 is 14.6 Å². The summed E-state index contributed by atoms with van der Waals surface area (Å²) in [7, 11) is 0. The van der Waals surface area contributed by atoms with Gasteiger partial charge in [0.05, 0.1) is 0 Å². The van der Waals surface area contributed by atoms with Crippen LogP contribution in [0.5, 0.6) is 0 Å². The van der Waals surface area contributed by atoms with Crippen LogP contribution in [0.3, 0.4) is 0 Å². The van der Waals surface area contributed by atoms with Gasteiger partial charge in [-0.05, 0) is 37.8 Å². The first-order valence-corrected chi connectivity index (χ1v) is 7.66. The molecule has 1 atom stereocenters. The normalized spacial score (nSPS) is 12.6. The Labute approximate surface area is 128 Å². The maximum absolute atomic E-state index is 11.6. The number of aliphatic hydroxyl groups is 1. The molecular formula is C15H20O5S. The molecule has 0 radical (unpaired) electrons. The molecule has 0 heterocycles. The third-order valence-corrected chi connectivity index (χ3v) is 3.60. The summed E-state index contributed by atoms with van der Waals surface area (Å²) in [5.74, 6) is -1.26. The first-order valence-electron chi connectivity index (χ1n) is 6.43. The van der Waals surface area contributed by atoms with E-state index in [2.05, 4.69) is 4.74 Å². The van der Waals surface area contributed by atoms with E-state index in [1.807, 2.05) is 18.4 Å². The summed E-state index contributed by atoms with van der Waals surface area (Å²) in [5.41, 5.74) is -0.476. The maximum Gasteiger partial charge on any atom is 0.344 e. The lowest BCUT2D eigenvalue weighted by molar-refractivity contribution is -0.176. The first-order chi connectivity index (χ1) is 9.76. The van der Waals surface area contributed by atoms with Gasteiger partial charge in [-0.3, -0.25) is 4.79 Å². The fraction of sp³-hybridized carbons (Fsp3) is 0.467. The number of carbonyl (C=O) groups excluding carboxylic acids is 2. The molecule has 0 saturated carbocycles. The molecule has 1 rings (SSSR count). The number of carbonyl (C=O) groups is 2. The Balaban J connectivity index is 2.70. The molecule has 6 heteroatoms. The lowest BCUT2D eigenvalue weighted by Crippen LogP contribution is -2.36. The topological polar surface area (TPSA) is 72.8 Å². The molecule has 0 aliphatic carbocycles. The summed E-state index contributed by atoms with van der Waals surface area (Å²) in [6.07, 6.45) is 0.987. The highest BCUT2D eigenvalue weighted by Crippen LogP contribution is 2.30. The van der Waals surface area contributed by atoms with Gasteiger partial charge in [0, 0.05) is 11.8 Å². The zero-order valence-electron chi connectivity index (χ0n) is 12.6. The van der Waals surface area contributed by atoms with Gasteiger partial charge in [-0.15, -0.1) is 11.8 Å². The van der Waals surface area contributed by atoms with Crippen LogP contribution in [0.25, 0.3) is 0 Å². The number of thioether (sulfide) groups is 1. The zero-order chi connectivity index (χ0) is 16.0. The van der Waals surface area contributed by atoms with E-state index in [0.29, 0.717) is 5.56 Å². The van der Waals surface area contributed by atoms with Crippen molar-refractivity contribution < 1.29 is 24.2 Å². The summed E-state index contributed by atoms with van der Waals surface area (Å²) in [6.45, 7) is 3.95. The first kappa shape index (κ1) is 17.5. The lowest BCUT2D eigenvalue weighted by Gasteiger charge is -2.30. The van der Waals surface area contributed by atoms with Crippen LogP contribution < -0.4 is 0 Å². The van der Waals surface area contributed by atoms with Crippen molar-refractivity contribution in [3.05, 3.63) is 29.8 Å². The quantitative estimate of drug-likeness (QED) is 0.642. The van der Waals surface area contributed by atoms with Gasteiger partial charge in [-0.25, -0.2) is 4.79 Å². The monoisotopic (exact) mass is 312 g/mol. The highest BCUT2D eigenvalue weighted by Gasteiger charge is 2.33. The number of rotatable bonds is 6. The van der Waals surface area contributed by atoms with Gasteiger partial charge in [0.2, 0.25) is 0 Å². The van der Waals surface area contributed by atoms with E-state index in [1.54, 1.807) is 37.7 Å². The van der Waals surface area contributed by atoms with E-state index in [0.717, 1.165) is 4.90 Å². The fourth-order valence-corrected chi connectivity index (χ4v) is 2.14. The van der Waals surface area contributed by atoms with Gasteiger partial charge in [-0.2, -0.15) is 0 Å². The van der Waals surface area contributed by atoms with Crippen molar-refractivity contribution in [3.8, 4) is 0 Å². The van der Waals surface area contributed by atoms with Crippen LogP contribution in [0.4, 0.5) is 0 Å². The lowest BCUT2D eigenvalue weighted by atomic mass is 9.94. The van der Waals surface area contributed by atoms with Crippen LogP contribution >= 0.6 is 11.8 Å². The predicted molar refractivity (Wildman–Crippen MR) is 80.0 cm³/mol. The molecule has 0 spiro atoms. The second kappa shape index (κ2) is 7.47. The Kier molecular flexibility index (Phi) is 6.23. The fourth-order valence-electron chi connectivity index (χ4n) is 1.73. The van der Waals surface area contributed by atoms with E-state index in [9.17, 15) is 14.7 Å². The third-order valence-electron chi connectivity index (χ3n) is 2.86. The largest absolute Gasteiger partial charge is 0.454 e. The number of aliphatic hydroxyl groups excluding tert-OH is 1. The van der Waals surface area contributed by atoms with E-state index >= 15 is 0 Å². The average Bonchev–Trinajstić information content (AvgIpc) is 2.44. The SMILES string of the molecule is CSc1ccc(C(O)C(C)(C)OC(=O)COC(C)=O)cc1. The molecule has 0 aliphatic heterocycles. The third kappa shape index (κ3) is 5.40. The zero-order valence-corrected chi connectivity index (χ0v) is 13.4. The van der Waals surface area contributed by atoms with Crippen molar-refractivity contribution in [3.63, 3.8) is 0 Å². The van der Waals surface area contributed by atoms with Crippen LogP contribution in [-0.4, -0.2) is 35.5 Å². The standard InChI is InChI=1S/C15H20O5S/c1-10(16)19-9-13(17)20-15(2,3)14(18)11-5-7-12(21-4)8-6-11/h5-8,14,18H,9H2,1-4H3. The molecule has 1 unspecified atom stereocenters. The molecule has 116 valence electrons. The minimum absolute atomic E-state index is 0.461. The van der Waals surface area contributed by atoms with Gasteiger partial charge in [0.1, 0.15) is 11.7 Å². The van der Waals surface area contributed by atoms with Crippen LogP contribution in [0.15, 0.2) is 29.2 Å². The number of esters is 2. The molecule has 0 amide bonds. The van der Waals surface area contributed by atoms with Crippen LogP contribution in [0, 0.1) is 0 Å². The van der Waals surface area contributed by atoms with Crippen molar-refractivity contribution in [1.29, 1.82) is 0 Å². The summed E-state index contributed by atoms with van der Waals surface area (Å²) in [6, 6.07) is 7.36. The smallest absolute Gasteiger partial charge is 0.344 e. The Morgan fingerprint density at radius 1 is 1.29 bits per heavy atom.